The maximum Gasteiger partial charge on any atom is -0.0316 e. The van der Waals surface area contributed by atoms with Crippen LogP contribution in [0.25, 0.3) is 0 Å². The van der Waals surface area contributed by atoms with Gasteiger partial charge in [0.15, 0.2) is 0 Å². The molecule has 0 aromatic rings. The first-order chi connectivity index (χ1) is 6.00. The summed E-state index contributed by atoms with van der Waals surface area (Å²) in [6.45, 7) is 0. The Bertz CT molecular complexity index is 83.2. The van der Waals surface area contributed by atoms with E-state index in [4.69, 9.17) is 0 Å². The minimum absolute atomic E-state index is 0. The highest BCUT2D eigenvalue weighted by molar-refractivity contribution is 4.92. The average molecular weight is 182 g/mol. The molecule has 0 nitrogen and oxygen atoms in total. The Kier molecular flexibility index (Phi) is 9.63. The summed E-state index contributed by atoms with van der Waals surface area (Å²) in [7, 11) is 0. The fraction of sp³-hybridized carbons (Fsp3) is 0.846. The van der Waals surface area contributed by atoms with Crippen molar-refractivity contribution in [3.8, 4) is 0 Å². The van der Waals surface area contributed by atoms with E-state index in [0.29, 0.717) is 0 Å². The molecule has 3 aliphatic rings. The zero-order valence-electron chi connectivity index (χ0n) is 8.23. The van der Waals surface area contributed by atoms with Gasteiger partial charge in [-0.3, -0.25) is 0 Å². The Labute approximate surface area is 84.4 Å². The molecule has 0 N–H and O–H groups in total. The summed E-state index contributed by atoms with van der Waals surface area (Å²) in [5.41, 5.74) is 0. The molecule has 0 aliphatic heterocycles. The standard InChI is InChI=1S/2C4H8.C4H6.CH4/c3*1-2-4-3-1;/h2*1-4H2;1-2H,3-4H2;1H4. The topological polar surface area (TPSA) is 0 Å². The molecule has 0 aromatic carbocycles. The number of rotatable bonds is 0. The highest BCUT2D eigenvalue weighted by atomic mass is 14.0. The van der Waals surface area contributed by atoms with Crippen molar-refractivity contribution in [2.75, 3.05) is 0 Å². The number of hydrogen-bond acceptors (Lipinski definition) is 0. The van der Waals surface area contributed by atoms with E-state index in [9.17, 15) is 0 Å². The lowest BCUT2D eigenvalue weighted by atomic mass is 10.0. The van der Waals surface area contributed by atoms with Crippen LogP contribution < -0.4 is 0 Å². The second-order valence-corrected chi connectivity index (χ2v) is 3.88. The molecule has 0 spiro atoms. The monoisotopic (exact) mass is 182 g/mol. The Balaban J connectivity index is 0.000000160. The Hall–Kier alpha value is -0.260. The average Bonchev–Trinajstić information content (AvgIpc) is 1.41. The van der Waals surface area contributed by atoms with Gasteiger partial charge in [0.25, 0.3) is 0 Å². The third-order valence-corrected chi connectivity index (χ3v) is 2.67. The summed E-state index contributed by atoms with van der Waals surface area (Å²) >= 11 is 0. The van der Waals surface area contributed by atoms with E-state index in [1.165, 1.54) is 64.2 Å². The first-order valence-corrected chi connectivity index (χ1v) is 5.65. The Morgan fingerprint density at radius 2 is 0.615 bits per heavy atom. The zero-order chi connectivity index (χ0) is 8.49. The molecule has 0 heterocycles. The lowest BCUT2D eigenvalue weighted by Gasteiger charge is -2.05. The molecule has 0 heteroatoms. The quantitative estimate of drug-likeness (QED) is 0.458. The molecule has 0 amide bonds. The molecule has 3 aliphatic carbocycles. The van der Waals surface area contributed by atoms with Gasteiger partial charge < -0.3 is 0 Å². The van der Waals surface area contributed by atoms with Crippen LogP contribution in [-0.2, 0) is 0 Å². The van der Waals surface area contributed by atoms with Gasteiger partial charge in [0.1, 0.15) is 0 Å². The van der Waals surface area contributed by atoms with Gasteiger partial charge in [-0.05, 0) is 12.8 Å². The van der Waals surface area contributed by atoms with E-state index in [-0.39, 0.29) is 7.43 Å². The normalized spacial score (nSPS) is 20.9. The van der Waals surface area contributed by atoms with Gasteiger partial charge >= 0.3 is 0 Å². The van der Waals surface area contributed by atoms with E-state index in [2.05, 4.69) is 12.2 Å². The van der Waals surface area contributed by atoms with Crippen LogP contribution in [0.4, 0.5) is 0 Å². The van der Waals surface area contributed by atoms with E-state index in [1.54, 1.807) is 0 Å². The van der Waals surface area contributed by atoms with Crippen molar-refractivity contribution in [1.29, 1.82) is 0 Å². The maximum absolute atomic E-state index is 2.18. The second kappa shape index (κ2) is 9.83. The van der Waals surface area contributed by atoms with Crippen molar-refractivity contribution in [1.82, 2.24) is 0 Å². The lowest BCUT2D eigenvalue weighted by molar-refractivity contribution is 0.504. The van der Waals surface area contributed by atoms with E-state index >= 15 is 0 Å². The van der Waals surface area contributed by atoms with Crippen LogP contribution in [0.5, 0.6) is 0 Å². The first-order valence-electron chi connectivity index (χ1n) is 5.65. The molecule has 78 valence electrons. The molecule has 0 atom stereocenters. The van der Waals surface area contributed by atoms with Crippen molar-refractivity contribution in [3.63, 3.8) is 0 Å². The fourth-order valence-corrected chi connectivity index (χ4v) is 0.667. The largest absolute Gasteiger partial charge is 0.0882 e. The van der Waals surface area contributed by atoms with Gasteiger partial charge in [0.2, 0.25) is 0 Å². The predicted molar refractivity (Wildman–Crippen MR) is 62.0 cm³/mol. The van der Waals surface area contributed by atoms with Crippen molar-refractivity contribution in [3.05, 3.63) is 12.2 Å². The van der Waals surface area contributed by atoms with E-state index in [1.807, 2.05) is 0 Å². The SMILES string of the molecule is C.C1=CCC1.C1CCC1.C1CCC1. The summed E-state index contributed by atoms with van der Waals surface area (Å²) in [5.74, 6) is 0. The minimum Gasteiger partial charge on any atom is -0.0882 e. The van der Waals surface area contributed by atoms with Crippen LogP contribution >= 0.6 is 0 Å². The molecule has 2 saturated carbocycles. The smallest absolute Gasteiger partial charge is 0.0316 e. The highest BCUT2D eigenvalue weighted by Gasteiger charge is 1.95. The molecule has 2 fully saturated rings. The summed E-state index contributed by atoms with van der Waals surface area (Å²) in [6, 6.07) is 0. The van der Waals surface area contributed by atoms with Gasteiger partial charge in [-0.1, -0.05) is 70.9 Å². The molecule has 0 saturated heterocycles. The molecule has 0 bridgehead atoms. The van der Waals surface area contributed by atoms with Crippen LogP contribution in [0.3, 0.4) is 0 Å². The van der Waals surface area contributed by atoms with Crippen LogP contribution in [0.2, 0.25) is 0 Å². The van der Waals surface area contributed by atoms with Gasteiger partial charge in [0.05, 0.1) is 0 Å². The van der Waals surface area contributed by atoms with Crippen LogP contribution in [0.15, 0.2) is 12.2 Å². The van der Waals surface area contributed by atoms with Gasteiger partial charge in [0, 0.05) is 0 Å². The molecule has 13 heavy (non-hydrogen) atoms. The van der Waals surface area contributed by atoms with Gasteiger partial charge in [-0.15, -0.1) is 0 Å². The fourth-order valence-electron chi connectivity index (χ4n) is 0.667. The van der Waals surface area contributed by atoms with Crippen LogP contribution in [0.1, 0.15) is 71.6 Å². The molecular formula is C13H26. The molecule has 0 unspecified atom stereocenters. The van der Waals surface area contributed by atoms with Crippen molar-refractivity contribution in [2.24, 2.45) is 0 Å². The molecular weight excluding hydrogens is 156 g/mol. The Morgan fingerprint density at radius 1 is 0.462 bits per heavy atom. The zero-order valence-corrected chi connectivity index (χ0v) is 8.23. The third-order valence-electron chi connectivity index (χ3n) is 2.67. The van der Waals surface area contributed by atoms with Crippen LogP contribution in [-0.4, -0.2) is 0 Å². The third kappa shape index (κ3) is 8.08. The van der Waals surface area contributed by atoms with Crippen molar-refractivity contribution < 1.29 is 0 Å². The van der Waals surface area contributed by atoms with Gasteiger partial charge in [-0.25, -0.2) is 0 Å². The first kappa shape index (κ1) is 12.7. The van der Waals surface area contributed by atoms with E-state index in [0.717, 1.165) is 0 Å². The number of hydrogen-bond donors (Lipinski definition) is 0. The molecule has 3 rings (SSSR count). The number of allylic oxidation sites excluding steroid dienone is 2. The molecule has 0 aromatic heterocycles. The summed E-state index contributed by atoms with van der Waals surface area (Å²) < 4.78 is 0. The minimum atomic E-state index is 0. The summed E-state index contributed by atoms with van der Waals surface area (Å²) in [4.78, 5) is 0. The molecule has 0 radical (unpaired) electrons. The summed E-state index contributed by atoms with van der Waals surface area (Å²) in [5, 5.41) is 0. The van der Waals surface area contributed by atoms with Crippen molar-refractivity contribution >= 4 is 0 Å². The van der Waals surface area contributed by atoms with Crippen molar-refractivity contribution in [2.45, 2.75) is 71.6 Å². The van der Waals surface area contributed by atoms with Crippen LogP contribution in [0, 0.1) is 0 Å². The predicted octanol–water partition coefficient (Wildman–Crippen LogP) is 5.09. The Morgan fingerprint density at radius 3 is 0.615 bits per heavy atom. The highest BCUT2D eigenvalue weighted by Crippen LogP contribution is 2.15. The maximum atomic E-state index is 2.18. The van der Waals surface area contributed by atoms with E-state index < -0.39 is 0 Å². The van der Waals surface area contributed by atoms with Gasteiger partial charge in [-0.2, -0.15) is 0 Å². The lowest BCUT2D eigenvalue weighted by Crippen LogP contribution is -1.85. The summed E-state index contributed by atoms with van der Waals surface area (Å²) in [6.07, 6.45) is 19.0. The second-order valence-electron chi connectivity index (χ2n) is 3.88.